The summed E-state index contributed by atoms with van der Waals surface area (Å²) < 4.78 is 0.765. The number of hydrogen-bond donors (Lipinski definition) is 1. The Morgan fingerprint density at radius 2 is 2.42 bits per heavy atom. The molecule has 1 aromatic heterocycles. The molecule has 0 aromatic carbocycles. The fourth-order valence-corrected chi connectivity index (χ4v) is 2.01. The van der Waals surface area contributed by atoms with E-state index in [2.05, 4.69) is 5.32 Å². The lowest BCUT2D eigenvalue weighted by atomic mass is 10.2. The van der Waals surface area contributed by atoms with Crippen molar-refractivity contribution < 1.29 is 4.79 Å². The van der Waals surface area contributed by atoms with Crippen LogP contribution in [0.4, 0.5) is 0 Å². The van der Waals surface area contributed by atoms with Crippen molar-refractivity contribution in [2.24, 2.45) is 0 Å². The molecule has 0 spiro atoms. The monoisotopic (exact) mass is 203 g/mol. The molecule has 0 atom stereocenters. The van der Waals surface area contributed by atoms with Crippen LogP contribution in [0.25, 0.3) is 0 Å². The molecule has 1 heterocycles. The van der Waals surface area contributed by atoms with Gasteiger partial charge in [-0.05, 0) is 17.9 Å². The molecule has 0 aliphatic rings. The van der Waals surface area contributed by atoms with Gasteiger partial charge in [0.1, 0.15) is 0 Å². The standard InChI is InChI=1S/C8H10ClNOS/c1-5-4-12-8(9)7(5)3-10-6(2)11/h4H,3H2,1-2H3,(H,10,11). The van der Waals surface area contributed by atoms with Crippen molar-refractivity contribution in [3.63, 3.8) is 0 Å². The highest BCUT2D eigenvalue weighted by Gasteiger charge is 2.06. The molecule has 0 aliphatic carbocycles. The van der Waals surface area contributed by atoms with Crippen LogP contribution in [0.2, 0.25) is 4.34 Å². The van der Waals surface area contributed by atoms with Gasteiger partial charge in [-0.1, -0.05) is 11.6 Å². The molecular formula is C8H10ClNOS. The van der Waals surface area contributed by atoms with Crippen LogP contribution in [-0.2, 0) is 11.3 Å². The Balaban J connectivity index is 2.68. The molecule has 0 unspecified atom stereocenters. The normalized spacial score (nSPS) is 9.92. The Morgan fingerprint density at radius 3 is 2.83 bits per heavy atom. The van der Waals surface area contributed by atoms with E-state index in [9.17, 15) is 4.79 Å². The van der Waals surface area contributed by atoms with E-state index >= 15 is 0 Å². The highest BCUT2D eigenvalue weighted by molar-refractivity contribution is 7.14. The maximum Gasteiger partial charge on any atom is 0.217 e. The first-order valence-corrected chi connectivity index (χ1v) is 4.84. The van der Waals surface area contributed by atoms with Gasteiger partial charge in [-0.2, -0.15) is 0 Å². The molecule has 0 radical (unpaired) electrons. The maximum absolute atomic E-state index is 10.6. The Kier molecular flexibility index (Phi) is 3.12. The lowest BCUT2D eigenvalue weighted by molar-refractivity contribution is -0.119. The van der Waals surface area contributed by atoms with Gasteiger partial charge in [0.2, 0.25) is 5.91 Å². The van der Waals surface area contributed by atoms with Gasteiger partial charge in [-0.25, -0.2) is 0 Å². The van der Waals surface area contributed by atoms with Crippen LogP contribution in [0.5, 0.6) is 0 Å². The summed E-state index contributed by atoms with van der Waals surface area (Å²) in [6.07, 6.45) is 0. The van der Waals surface area contributed by atoms with Crippen LogP contribution in [0.15, 0.2) is 5.38 Å². The van der Waals surface area contributed by atoms with Gasteiger partial charge < -0.3 is 5.32 Å². The highest BCUT2D eigenvalue weighted by atomic mass is 35.5. The molecule has 0 fully saturated rings. The molecule has 1 rings (SSSR count). The second-order valence-corrected chi connectivity index (χ2v) is 4.06. The Hall–Kier alpha value is -0.540. The van der Waals surface area contributed by atoms with Crippen molar-refractivity contribution in [1.29, 1.82) is 0 Å². The molecule has 0 bridgehead atoms. The van der Waals surface area contributed by atoms with Crippen LogP contribution in [-0.4, -0.2) is 5.91 Å². The van der Waals surface area contributed by atoms with Crippen molar-refractivity contribution in [3.8, 4) is 0 Å². The van der Waals surface area contributed by atoms with Gasteiger partial charge in [0.25, 0.3) is 0 Å². The van der Waals surface area contributed by atoms with Crippen molar-refractivity contribution in [2.75, 3.05) is 0 Å². The van der Waals surface area contributed by atoms with E-state index in [-0.39, 0.29) is 5.91 Å². The first-order chi connectivity index (χ1) is 5.61. The van der Waals surface area contributed by atoms with Gasteiger partial charge in [-0.15, -0.1) is 11.3 Å². The third kappa shape index (κ3) is 2.22. The predicted molar refractivity (Wildman–Crippen MR) is 51.6 cm³/mol. The minimum absolute atomic E-state index is 0.0309. The first kappa shape index (κ1) is 9.55. The number of amides is 1. The second-order valence-electron chi connectivity index (χ2n) is 2.58. The quantitative estimate of drug-likeness (QED) is 0.786. The number of carbonyl (C=O) groups excluding carboxylic acids is 1. The summed E-state index contributed by atoms with van der Waals surface area (Å²) in [6.45, 7) is 4.01. The third-order valence-corrected chi connectivity index (χ3v) is 2.99. The smallest absolute Gasteiger partial charge is 0.217 e. The van der Waals surface area contributed by atoms with Crippen LogP contribution in [0.3, 0.4) is 0 Å². The zero-order valence-corrected chi connectivity index (χ0v) is 8.55. The molecule has 1 amide bonds. The summed E-state index contributed by atoms with van der Waals surface area (Å²) in [5.74, 6) is -0.0309. The van der Waals surface area contributed by atoms with E-state index in [0.29, 0.717) is 6.54 Å². The predicted octanol–water partition coefficient (Wildman–Crippen LogP) is 2.35. The summed E-state index contributed by atoms with van der Waals surface area (Å²) >= 11 is 7.39. The fraction of sp³-hybridized carbons (Fsp3) is 0.375. The van der Waals surface area contributed by atoms with Crippen LogP contribution in [0, 0.1) is 6.92 Å². The fourth-order valence-electron chi connectivity index (χ4n) is 0.859. The van der Waals surface area contributed by atoms with Crippen molar-refractivity contribution in [2.45, 2.75) is 20.4 Å². The third-order valence-electron chi connectivity index (χ3n) is 1.57. The van der Waals surface area contributed by atoms with E-state index in [0.717, 1.165) is 15.5 Å². The maximum atomic E-state index is 10.6. The van der Waals surface area contributed by atoms with E-state index in [1.165, 1.54) is 18.3 Å². The lowest BCUT2D eigenvalue weighted by Crippen LogP contribution is -2.19. The Labute approximate surface area is 80.5 Å². The average Bonchev–Trinajstić information content (AvgIpc) is 2.28. The number of nitrogens with one attached hydrogen (secondary N) is 1. The van der Waals surface area contributed by atoms with Crippen LogP contribution >= 0.6 is 22.9 Å². The van der Waals surface area contributed by atoms with Gasteiger partial charge >= 0.3 is 0 Å². The molecule has 1 N–H and O–H groups in total. The molecule has 1 aromatic rings. The SMILES string of the molecule is CC(=O)NCc1c(C)csc1Cl. The van der Waals surface area contributed by atoms with Crippen molar-refractivity contribution in [3.05, 3.63) is 20.8 Å². The zero-order valence-electron chi connectivity index (χ0n) is 6.98. The summed E-state index contributed by atoms with van der Waals surface area (Å²) in [7, 11) is 0. The van der Waals surface area contributed by atoms with Crippen LogP contribution in [0.1, 0.15) is 18.1 Å². The van der Waals surface area contributed by atoms with Crippen LogP contribution < -0.4 is 5.32 Å². The average molecular weight is 204 g/mol. The van der Waals surface area contributed by atoms with Gasteiger partial charge in [-0.3, -0.25) is 4.79 Å². The second kappa shape index (κ2) is 3.92. The van der Waals surface area contributed by atoms with Crippen molar-refractivity contribution in [1.82, 2.24) is 5.32 Å². The first-order valence-electron chi connectivity index (χ1n) is 3.58. The van der Waals surface area contributed by atoms with Gasteiger partial charge in [0, 0.05) is 19.0 Å². The van der Waals surface area contributed by atoms with Crippen molar-refractivity contribution >= 4 is 28.8 Å². The molecular weight excluding hydrogens is 194 g/mol. The summed E-state index contributed by atoms with van der Waals surface area (Å²) in [6, 6.07) is 0. The van der Waals surface area contributed by atoms with E-state index in [4.69, 9.17) is 11.6 Å². The molecule has 2 nitrogen and oxygen atoms in total. The minimum atomic E-state index is -0.0309. The molecule has 0 aliphatic heterocycles. The number of hydrogen-bond acceptors (Lipinski definition) is 2. The molecule has 12 heavy (non-hydrogen) atoms. The Morgan fingerprint density at radius 1 is 1.75 bits per heavy atom. The van der Waals surface area contributed by atoms with E-state index in [1.807, 2.05) is 12.3 Å². The Bertz CT molecular complexity index is 276. The number of aryl methyl sites for hydroxylation is 1. The largest absolute Gasteiger partial charge is 0.352 e. The lowest BCUT2D eigenvalue weighted by Gasteiger charge is -2.01. The molecule has 0 saturated carbocycles. The van der Waals surface area contributed by atoms with E-state index in [1.54, 1.807) is 0 Å². The zero-order chi connectivity index (χ0) is 9.14. The summed E-state index contributed by atoms with van der Waals surface area (Å²) in [5.41, 5.74) is 2.16. The highest BCUT2D eigenvalue weighted by Crippen LogP contribution is 2.26. The van der Waals surface area contributed by atoms with E-state index < -0.39 is 0 Å². The number of carbonyl (C=O) groups is 1. The molecule has 0 saturated heterocycles. The number of rotatable bonds is 2. The topological polar surface area (TPSA) is 29.1 Å². The summed E-state index contributed by atoms with van der Waals surface area (Å²) in [4.78, 5) is 10.6. The number of halogens is 1. The van der Waals surface area contributed by atoms with Gasteiger partial charge in [0.15, 0.2) is 0 Å². The molecule has 4 heteroatoms. The summed E-state index contributed by atoms with van der Waals surface area (Å²) in [5, 5.41) is 4.70. The minimum Gasteiger partial charge on any atom is -0.352 e. The number of thiophene rings is 1. The van der Waals surface area contributed by atoms with Gasteiger partial charge in [0.05, 0.1) is 4.34 Å². The molecule has 66 valence electrons.